The molecule has 0 fully saturated rings. The molecule has 0 aliphatic heterocycles. The highest BCUT2D eigenvalue weighted by atomic mass is 32.1. The summed E-state index contributed by atoms with van der Waals surface area (Å²) in [7, 11) is 0. The predicted octanol–water partition coefficient (Wildman–Crippen LogP) is 0.127. The van der Waals surface area contributed by atoms with Crippen molar-refractivity contribution >= 4 is 28.3 Å². The summed E-state index contributed by atoms with van der Waals surface area (Å²) >= 11 is 0.957. The van der Waals surface area contributed by atoms with E-state index in [-0.39, 0.29) is 4.88 Å². The number of aromatic carboxylic acids is 1. The van der Waals surface area contributed by atoms with Crippen LogP contribution in [0.15, 0.2) is 6.20 Å². The first-order chi connectivity index (χ1) is 6.50. The van der Waals surface area contributed by atoms with Gasteiger partial charge in [-0.25, -0.2) is 9.78 Å². The molecule has 0 saturated carbocycles. The van der Waals surface area contributed by atoms with Crippen LogP contribution in [0.4, 0.5) is 5.13 Å². The topological polar surface area (TPSA) is 105 Å². The van der Waals surface area contributed by atoms with Crippen LogP contribution < -0.4 is 11.1 Å². The van der Waals surface area contributed by atoms with Gasteiger partial charge < -0.3 is 16.2 Å². The Morgan fingerprint density at radius 3 is 2.79 bits per heavy atom. The number of nitrogens with zero attached hydrogens (tertiary/aromatic N) is 1. The Labute approximate surface area is 83.8 Å². The van der Waals surface area contributed by atoms with Crippen LogP contribution in [0.3, 0.4) is 0 Å². The van der Waals surface area contributed by atoms with Gasteiger partial charge in [-0.3, -0.25) is 4.79 Å². The number of carboxylic acid groups (broad SMARTS) is 1. The first kappa shape index (κ1) is 10.5. The maximum Gasteiger partial charge on any atom is 0.347 e. The van der Waals surface area contributed by atoms with Gasteiger partial charge in [-0.15, -0.1) is 0 Å². The van der Waals surface area contributed by atoms with Crippen molar-refractivity contribution in [1.82, 2.24) is 4.98 Å². The van der Waals surface area contributed by atoms with Crippen LogP contribution in [0.2, 0.25) is 0 Å². The molecule has 1 atom stereocenters. The lowest BCUT2D eigenvalue weighted by Gasteiger charge is -2.06. The SMILES string of the molecule is CC(Nc1ncc(C(=O)O)s1)C(N)=O. The van der Waals surface area contributed by atoms with E-state index >= 15 is 0 Å². The van der Waals surface area contributed by atoms with Crippen LogP contribution in [-0.2, 0) is 4.79 Å². The number of carbonyl (C=O) groups is 2. The van der Waals surface area contributed by atoms with Gasteiger partial charge in [-0.1, -0.05) is 11.3 Å². The van der Waals surface area contributed by atoms with Crippen LogP contribution in [0.5, 0.6) is 0 Å². The highest BCUT2D eigenvalue weighted by molar-refractivity contribution is 7.17. The molecule has 76 valence electrons. The van der Waals surface area contributed by atoms with E-state index in [1.54, 1.807) is 6.92 Å². The highest BCUT2D eigenvalue weighted by Gasteiger charge is 2.12. The van der Waals surface area contributed by atoms with Crippen LogP contribution in [0.1, 0.15) is 16.6 Å². The molecule has 0 aromatic carbocycles. The molecule has 1 aromatic rings. The second-order valence-corrected chi connectivity index (χ2v) is 3.63. The molecule has 1 amide bonds. The van der Waals surface area contributed by atoms with E-state index in [1.807, 2.05) is 0 Å². The Morgan fingerprint density at radius 2 is 2.36 bits per heavy atom. The Hall–Kier alpha value is -1.63. The fraction of sp³-hybridized carbons (Fsp3) is 0.286. The molecule has 0 aliphatic carbocycles. The van der Waals surface area contributed by atoms with Crippen molar-refractivity contribution in [2.45, 2.75) is 13.0 Å². The van der Waals surface area contributed by atoms with E-state index < -0.39 is 17.9 Å². The average molecular weight is 215 g/mol. The third-order valence-corrected chi connectivity index (χ3v) is 2.40. The molecule has 4 N–H and O–H groups in total. The van der Waals surface area contributed by atoms with Crippen molar-refractivity contribution in [3.05, 3.63) is 11.1 Å². The molecule has 1 heterocycles. The fourth-order valence-electron chi connectivity index (χ4n) is 0.696. The van der Waals surface area contributed by atoms with Crippen molar-refractivity contribution in [3.63, 3.8) is 0 Å². The number of carboxylic acids is 1. The predicted molar refractivity (Wildman–Crippen MR) is 51.4 cm³/mol. The molecule has 14 heavy (non-hydrogen) atoms. The second-order valence-electron chi connectivity index (χ2n) is 2.60. The number of nitrogens with one attached hydrogen (secondary N) is 1. The van der Waals surface area contributed by atoms with Gasteiger partial charge >= 0.3 is 5.97 Å². The molecule has 0 spiro atoms. The van der Waals surface area contributed by atoms with E-state index in [0.717, 1.165) is 11.3 Å². The van der Waals surface area contributed by atoms with E-state index in [9.17, 15) is 9.59 Å². The summed E-state index contributed by atoms with van der Waals surface area (Å²) in [5.74, 6) is -1.56. The van der Waals surface area contributed by atoms with Gasteiger partial charge in [0.05, 0.1) is 6.20 Å². The molecule has 0 radical (unpaired) electrons. The Balaban J connectivity index is 2.69. The maximum atomic E-state index is 10.7. The van der Waals surface area contributed by atoms with Crippen molar-refractivity contribution in [1.29, 1.82) is 0 Å². The Bertz CT molecular complexity index is 363. The van der Waals surface area contributed by atoms with Gasteiger partial charge in [-0.2, -0.15) is 0 Å². The molecule has 0 aliphatic rings. The minimum Gasteiger partial charge on any atom is -0.477 e. The van der Waals surface area contributed by atoms with Crippen molar-refractivity contribution in [2.75, 3.05) is 5.32 Å². The molecule has 0 bridgehead atoms. The first-order valence-electron chi connectivity index (χ1n) is 3.75. The zero-order chi connectivity index (χ0) is 10.7. The molecule has 1 aromatic heterocycles. The molecule has 1 rings (SSSR count). The van der Waals surface area contributed by atoms with Crippen LogP contribution in [-0.4, -0.2) is 28.0 Å². The summed E-state index contributed by atoms with van der Waals surface area (Å²) in [5, 5.41) is 11.6. The number of amides is 1. The number of aromatic nitrogens is 1. The average Bonchev–Trinajstić information content (AvgIpc) is 2.52. The Kier molecular flexibility index (Phi) is 3.03. The number of hydrogen-bond donors (Lipinski definition) is 3. The summed E-state index contributed by atoms with van der Waals surface area (Å²) in [6.07, 6.45) is 1.23. The molecule has 1 unspecified atom stereocenters. The number of anilines is 1. The monoisotopic (exact) mass is 215 g/mol. The summed E-state index contributed by atoms with van der Waals surface area (Å²) < 4.78 is 0. The van der Waals surface area contributed by atoms with Crippen LogP contribution >= 0.6 is 11.3 Å². The van der Waals surface area contributed by atoms with Crippen LogP contribution in [0, 0.1) is 0 Å². The van der Waals surface area contributed by atoms with Gasteiger partial charge in [0, 0.05) is 0 Å². The number of thiazole rings is 1. The second kappa shape index (κ2) is 4.05. The zero-order valence-electron chi connectivity index (χ0n) is 7.35. The number of carbonyl (C=O) groups excluding carboxylic acids is 1. The summed E-state index contributed by atoms with van der Waals surface area (Å²) in [5.41, 5.74) is 5.01. The maximum absolute atomic E-state index is 10.7. The van der Waals surface area contributed by atoms with Crippen molar-refractivity contribution in [2.24, 2.45) is 5.73 Å². The third-order valence-electron chi connectivity index (χ3n) is 1.48. The third kappa shape index (κ3) is 2.43. The smallest absolute Gasteiger partial charge is 0.347 e. The normalized spacial score (nSPS) is 12.1. The van der Waals surface area contributed by atoms with Gasteiger partial charge in [-0.05, 0) is 6.92 Å². The lowest BCUT2D eigenvalue weighted by molar-refractivity contribution is -0.118. The molecular formula is C7H9N3O3S. The summed E-state index contributed by atoms with van der Waals surface area (Å²) in [6.45, 7) is 1.57. The van der Waals surface area contributed by atoms with E-state index in [2.05, 4.69) is 10.3 Å². The minimum absolute atomic E-state index is 0.115. The number of nitrogens with two attached hydrogens (primary N) is 1. The van der Waals surface area contributed by atoms with E-state index in [1.165, 1.54) is 6.20 Å². The lowest BCUT2D eigenvalue weighted by Crippen LogP contribution is -2.32. The van der Waals surface area contributed by atoms with Crippen molar-refractivity contribution in [3.8, 4) is 0 Å². The zero-order valence-corrected chi connectivity index (χ0v) is 8.17. The first-order valence-corrected chi connectivity index (χ1v) is 4.57. The Morgan fingerprint density at radius 1 is 1.71 bits per heavy atom. The fourth-order valence-corrected chi connectivity index (χ4v) is 1.44. The largest absolute Gasteiger partial charge is 0.477 e. The van der Waals surface area contributed by atoms with E-state index in [0.29, 0.717) is 5.13 Å². The molecular weight excluding hydrogens is 206 g/mol. The van der Waals surface area contributed by atoms with Gasteiger partial charge in [0.1, 0.15) is 10.9 Å². The number of hydrogen-bond acceptors (Lipinski definition) is 5. The number of rotatable bonds is 4. The molecule has 7 heteroatoms. The van der Waals surface area contributed by atoms with Crippen LogP contribution in [0.25, 0.3) is 0 Å². The van der Waals surface area contributed by atoms with E-state index in [4.69, 9.17) is 10.8 Å². The quantitative estimate of drug-likeness (QED) is 0.661. The number of primary amides is 1. The van der Waals surface area contributed by atoms with Crippen molar-refractivity contribution < 1.29 is 14.7 Å². The van der Waals surface area contributed by atoms with Gasteiger partial charge in [0.2, 0.25) is 5.91 Å². The molecule has 0 saturated heterocycles. The minimum atomic E-state index is -1.04. The lowest BCUT2D eigenvalue weighted by atomic mass is 10.3. The standard InChI is InChI=1S/C7H9N3O3S/c1-3(5(8)11)10-7-9-2-4(14-7)6(12)13/h2-3H,1H3,(H2,8,11)(H,9,10)(H,12,13). The highest BCUT2D eigenvalue weighted by Crippen LogP contribution is 2.18. The van der Waals surface area contributed by atoms with Gasteiger partial charge in [0.15, 0.2) is 5.13 Å². The van der Waals surface area contributed by atoms with Gasteiger partial charge in [0.25, 0.3) is 0 Å². The molecule has 6 nitrogen and oxygen atoms in total. The summed E-state index contributed by atoms with van der Waals surface area (Å²) in [4.78, 5) is 25.0. The summed E-state index contributed by atoms with van der Waals surface area (Å²) in [6, 6.07) is -0.567.